The molecule has 1 aromatic rings. The number of carbonyl (C=O) groups is 1. The molecule has 2 unspecified atom stereocenters. The Hall–Kier alpha value is -1.75. The van der Waals surface area contributed by atoms with E-state index in [4.69, 9.17) is 0 Å². The summed E-state index contributed by atoms with van der Waals surface area (Å²) in [7, 11) is 0. The number of hydrogen-bond donors (Lipinski definition) is 1. The minimum Gasteiger partial charge on any atom is -0.391 e. The Morgan fingerprint density at radius 1 is 1.55 bits per heavy atom. The van der Waals surface area contributed by atoms with Gasteiger partial charge in [-0.3, -0.25) is 9.78 Å². The lowest BCUT2D eigenvalue weighted by atomic mass is 9.98. The van der Waals surface area contributed by atoms with Gasteiger partial charge in [-0.25, -0.2) is 4.39 Å². The highest BCUT2D eigenvalue weighted by Crippen LogP contribution is 2.20. The average Bonchev–Trinajstić information content (AvgIpc) is 2.45. The van der Waals surface area contributed by atoms with Crippen LogP contribution < -0.4 is 0 Å². The smallest absolute Gasteiger partial charge is 0.246 e. The highest BCUT2D eigenvalue weighted by molar-refractivity contribution is 5.92. The lowest BCUT2D eigenvalue weighted by molar-refractivity contribution is -0.132. The number of aliphatic hydroxyl groups is 1. The summed E-state index contributed by atoms with van der Waals surface area (Å²) in [5.74, 6) is -0.584. The molecule has 5 heteroatoms. The average molecular weight is 278 g/mol. The van der Waals surface area contributed by atoms with Crippen molar-refractivity contribution in [3.05, 3.63) is 35.9 Å². The topological polar surface area (TPSA) is 53.4 Å². The van der Waals surface area contributed by atoms with Crippen molar-refractivity contribution in [2.24, 2.45) is 0 Å². The second-order valence-corrected chi connectivity index (χ2v) is 5.11. The lowest BCUT2D eigenvalue weighted by Gasteiger charge is -2.36. The largest absolute Gasteiger partial charge is 0.391 e. The van der Waals surface area contributed by atoms with Crippen molar-refractivity contribution in [1.82, 2.24) is 9.88 Å². The van der Waals surface area contributed by atoms with Crippen molar-refractivity contribution in [2.75, 3.05) is 6.54 Å². The summed E-state index contributed by atoms with van der Waals surface area (Å²) in [6, 6.07) is 1.19. The fourth-order valence-electron chi connectivity index (χ4n) is 2.52. The first-order valence-electron chi connectivity index (χ1n) is 6.85. The zero-order valence-electron chi connectivity index (χ0n) is 11.5. The maximum Gasteiger partial charge on any atom is 0.246 e. The van der Waals surface area contributed by atoms with Gasteiger partial charge in [0.05, 0.1) is 18.3 Å². The Morgan fingerprint density at radius 2 is 2.35 bits per heavy atom. The van der Waals surface area contributed by atoms with Gasteiger partial charge in [0.1, 0.15) is 5.82 Å². The Bertz CT molecular complexity index is 502. The Morgan fingerprint density at radius 3 is 3.05 bits per heavy atom. The number of piperidine rings is 1. The monoisotopic (exact) mass is 278 g/mol. The molecular formula is C15H19FN2O2. The van der Waals surface area contributed by atoms with E-state index < -0.39 is 11.9 Å². The number of nitrogens with zero attached hydrogens (tertiary/aromatic N) is 2. The molecule has 1 saturated heterocycles. The van der Waals surface area contributed by atoms with E-state index >= 15 is 0 Å². The third kappa shape index (κ3) is 3.63. The van der Waals surface area contributed by atoms with E-state index in [1.165, 1.54) is 18.3 Å². The highest BCUT2D eigenvalue weighted by atomic mass is 19.1. The van der Waals surface area contributed by atoms with Gasteiger partial charge >= 0.3 is 0 Å². The number of likely N-dealkylation sites (tertiary alicyclic amines) is 1. The molecule has 2 heterocycles. The molecule has 1 aromatic heterocycles. The molecule has 0 radical (unpaired) electrons. The van der Waals surface area contributed by atoms with Gasteiger partial charge in [-0.1, -0.05) is 0 Å². The normalized spacial score (nSPS) is 21.1. The Balaban J connectivity index is 2.06. The molecule has 0 saturated carbocycles. The summed E-state index contributed by atoms with van der Waals surface area (Å²) in [4.78, 5) is 17.6. The molecular weight excluding hydrogens is 259 g/mol. The molecule has 20 heavy (non-hydrogen) atoms. The summed E-state index contributed by atoms with van der Waals surface area (Å²) in [6.07, 6.45) is 7.83. The number of pyridine rings is 1. The van der Waals surface area contributed by atoms with Crippen LogP contribution in [0, 0.1) is 5.82 Å². The molecule has 0 spiro atoms. The quantitative estimate of drug-likeness (QED) is 0.860. The van der Waals surface area contributed by atoms with Gasteiger partial charge in [0.2, 0.25) is 5.91 Å². The van der Waals surface area contributed by atoms with Crippen molar-refractivity contribution in [1.29, 1.82) is 0 Å². The zero-order chi connectivity index (χ0) is 14.5. The summed E-state index contributed by atoms with van der Waals surface area (Å²) in [5, 5.41) is 9.74. The van der Waals surface area contributed by atoms with E-state index in [0.29, 0.717) is 12.1 Å². The van der Waals surface area contributed by atoms with E-state index in [-0.39, 0.29) is 11.9 Å². The van der Waals surface area contributed by atoms with E-state index in [2.05, 4.69) is 4.98 Å². The number of amides is 1. The number of rotatable bonds is 3. The van der Waals surface area contributed by atoms with E-state index in [1.807, 2.05) is 0 Å². The van der Waals surface area contributed by atoms with Crippen LogP contribution in [0.4, 0.5) is 4.39 Å². The van der Waals surface area contributed by atoms with Gasteiger partial charge in [-0.2, -0.15) is 0 Å². The van der Waals surface area contributed by atoms with E-state index in [0.717, 1.165) is 25.5 Å². The molecule has 0 aliphatic carbocycles. The van der Waals surface area contributed by atoms with Gasteiger partial charge in [0.15, 0.2) is 0 Å². The van der Waals surface area contributed by atoms with Crippen LogP contribution in [0.3, 0.4) is 0 Å². The van der Waals surface area contributed by atoms with Crippen LogP contribution in [-0.2, 0) is 4.79 Å². The van der Waals surface area contributed by atoms with Gasteiger partial charge in [0.25, 0.3) is 0 Å². The molecule has 1 aliphatic rings. The molecule has 0 aromatic carbocycles. The summed E-state index contributed by atoms with van der Waals surface area (Å²) >= 11 is 0. The SMILES string of the molecule is CC(O)C1CCCCN1C(=O)/C=C/c1cncc(F)c1. The summed E-state index contributed by atoms with van der Waals surface area (Å²) < 4.78 is 13.0. The van der Waals surface area contributed by atoms with Crippen LogP contribution in [0.1, 0.15) is 31.7 Å². The van der Waals surface area contributed by atoms with Crippen LogP contribution in [-0.4, -0.2) is 39.6 Å². The molecule has 1 fully saturated rings. The van der Waals surface area contributed by atoms with Crippen LogP contribution >= 0.6 is 0 Å². The maximum atomic E-state index is 13.0. The molecule has 1 N–H and O–H groups in total. The molecule has 2 rings (SSSR count). The first-order valence-corrected chi connectivity index (χ1v) is 6.85. The fraction of sp³-hybridized carbons (Fsp3) is 0.467. The summed E-state index contributed by atoms with van der Waals surface area (Å²) in [5.41, 5.74) is 0.545. The minimum absolute atomic E-state index is 0.133. The number of aliphatic hydroxyl groups excluding tert-OH is 1. The zero-order valence-corrected chi connectivity index (χ0v) is 11.5. The third-order valence-electron chi connectivity index (χ3n) is 3.53. The molecule has 2 atom stereocenters. The molecule has 4 nitrogen and oxygen atoms in total. The van der Waals surface area contributed by atoms with Crippen LogP contribution in [0.5, 0.6) is 0 Å². The summed E-state index contributed by atoms with van der Waals surface area (Å²) in [6.45, 7) is 2.36. The second kappa shape index (κ2) is 6.61. The fourth-order valence-corrected chi connectivity index (χ4v) is 2.52. The first-order chi connectivity index (χ1) is 9.58. The number of carbonyl (C=O) groups excluding carboxylic acids is 1. The van der Waals surface area contributed by atoms with Crippen molar-refractivity contribution in [2.45, 2.75) is 38.3 Å². The van der Waals surface area contributed by atoms with Gasteiger partial charge in [-0.15, -0.1) is 0 Å². The Labute approximate surface area is 117 Å². The maximum absolute atomic E-state index is 13.0. The predicted molar refractivity (Wildman–Crippen MR) is 74.3 cm³/mol. The van der Waals surface area contributed by atoms with Gasteiger partial charge in [0, 0.05) is 18.8 Å². The molecule has 108 valence electrons. The number of halogens is 1. The van der Waals surface area contributed by atoms with Gasteiger partial charge in [-0.05, 0) is 43.9 Å². The standard InChI is InChI=1S/C15H19FN2O2/c1-11(19)14-4-2-3-7-18(14)15(20)6-5-12-8-13(16)10-17-9-12/h5-6,8-11,14,19H,2-4,7H2,1H3/b6-5+. The minimum atomic E-state index is -0.538. The van der Waals surface area contributed by atoms with E-state index in [1.54, 1.807) is 17.9 Å². The molecule has 0 bridgehead atoms. The molecule has 1 amide bonds. The van der Waals surface area contributed by atoms with Crippen molar-refractivity contribution in [3.8, 4) is 0 Å². The van der Waals surface area contributed by atoms with Crippen LogP contribution in [0.25, 0.3) is 6.08 Å². The Kier molecular flexibility index (Phi) is 4.84. The second-order valence-electron chi connectivity index (χ2n) is 5.11. The van der Waals surface area contributed by atoms with Crippen LogP contribution in [0.2, 0.25) is 0 Å². The van der Waals surface area contributed by atoms with Crippen LogP contribution in [0.15, 0.2) is 24.5 Å². The lowest BCUT2D eigenvalue weighted by Crippen LogP contribution is -2.48. The highest BCUT2D eigenvalue weighted by Gasteiger charge is 2.28. The number of aromatic nitrogens is 1. The predicted octanol–water partition coefficient (Wildman–Crippen LogP) is 2.00. The van der Waals surface area contributed by atoms with Crippen molar-refractivity contribution >= 4 is 12.0 Å². The van der Waals surface area contributed by atoms with E-state index in [9.17, 15) is 14.3 Å². The van der Waals surface area contributed by atoms with Crippen molar-refractivity contribution in [3.63, 3.8) is 0 Å². The third-order valence-corrected chi connectivity index (χ3v) is 3.53. The van der Waals surface area contributed by atoms with Crippen molar-refractivity contribution < 1.29 is 14.3 Å². The first kappa shape index (κ1) is 14.7. The number of hydrogen-bond acceptors (Lipinski definition) is 3. The van der Waals surface area contributed by atoms with Gasteiger partial charge < -0.3 is 10.0 Å². The molecule has 1 aliphatic heterocycles.